The van der Waals surface area contributed by atoms with Crippen LogP contribution in [0, 0.1) is 5.92 Å². The zero-order valence-corrected chi connectivity index (χ0v) is 11.7. The molecule has 4 nitrogen and oxygen atoms in total. The number of benzene rings is 1. The molecule has 106 valence electrons. The zero-order chi connectivity index (χ0) is 13.2. The molecular weight excluding hydrogens is 266 g/mol. The summed E-state index contributed by atoms with van der Waals surface area (Å²) in [5.74, 6) is 0.148. The van der Waals surface area contributed by atoms with Crippen LogP contribution in [0.25, 0.3) is 0 Å². The van der Waals surface area contributed by atoms with Crippen molar-refractivity contribution in [3.05, 3.63) is 35.4 Å². The third-order valence-electron chi connectivity index (χ3n) is 3.88. The second kappa shape index (κ2) is 6.48. The Morgan fingerprint density at radius 3 is 2.58 bits per heavy atom. The summed E-state index contributed by atoms with van der Waals surface area (Å²) in [4.78, 5) is 11.1. The molecule has 3 N–H and O–H groups in total. The molecule has 0 saturated heterocycles. The van der Waals surface area contributed by atoms with Gasteiger partial charge in [0.25, 0.3) is 0 Å². The van der Waals surface area contributed by atoms with Gasteiger partial charge in [-0.05, 0) is 18.8 Å². The maximum Gasteiger partial charge on any atom is 0.169 e. The van der Waals surface area contributed by atoms with Gasteiger partial charge in [-0.25, -0.2) is 0 Å². The van der Waals surface area contributed by atoms with Crippen LogP contribution in [0.3, 0.4) is 0 Å². The van der Waals surface area contributed by atoms with Crippen molar-refractivity contribution in [3.8, 4) is 0 Å². The molecule has 5 heteroatoms. The van der Waals surface area contributed by atoms with Crippen LogP contribution in [-0.2, 0) is 10.5 Å². The summed E-state index contributed by atoms with van der Waals surface area (Å²) in [6, 6.07) is 6.96. The molecule has 1 aromatic rings. The molecule has 1 fully saturated rings. The van der Waals surface area contributed by atoms with E-state index in [0.717, 1.165) is 25.5 Å². The predicted molar refractivity (Wildman–Crippen MR) is 75.3 cm³/mol. The van der Waals surface area contributed by atoms with Crippen molar-refractivity contribution in [2.75, 3.05) is 7.11 Å². The number of carbonyl (C=O) groups is 1. The highest BCUT2D eigenvalue weighted by Gasteiger charge is 2.43. The van der Waals surface area contributed by atoms with Crippen molar-refractivity contribution in [1.82, 2.24) is 0 Å². The molecule has 0 unspecified atom stereocenters. The van der Waals surface area contributed by atoms with Gasteiger partial charge in [0.05, 0.1) is 0 Å². The first-order valence-corrected chi connectivity index (χ1v) is 6.20. The lowest BCUT2D eigenvalue weighted by Gasteiger charge is -2.41. The number of aliphatic hydroxyl groups excluding tert-OH is 1. The van der Waals surface area contributed by atoms with Crippen molar-refractivity contribution < 1.29 is 14.6 Å². The molecule has 0 aromatic heterocycles. The Hall–Kier alpha value is -0.940. The van der Waals surface area contributed by atoms with Crippen molar-refractivity contribution in [2.45, 2.75) is 31.1 Å². The molecule has 0 spiro atoms. The smallest absolute Gasteiger partial charge is 0.169 e. The molecule has 1 aromatic carbocycles. The summed E-state index contributed by atoms with van der Waals surface area (Å²) in [5.41, 5.74) is 5.90. The summed E-state index contributed by atoms with van der Waals surface area (Å²) in [6.07, 6.45) is 2.96. The van der Waals surface area contributed by atoms with E-state index in [1.807, 2.05) is 0 Å². The van der Waals surface area contributed by atoms with Gasteiger partial charge in [0.2, 0.25) is 0 Å². The summed E-state index contributed by atoms with van der Waals surface area (Å²) in [6.45, 7) is 0. The van der Waals surface area contributed by atoms with E-state index in [1.54, 1.807) is 24.3 Å². The average Bonchev–Trinajstić information content (AvgIpc) is 2.35. The SMILES string of the molecule is CO[C@](N)(c1ccccc1C=O)[C@H](O)C1CCC1.Cl. The fraction of sp³-hybridized carbons (Fsp3) is 0.500. The third kappa shape index (κ3) is 2.82. The summed E-state index contributed by atoms with van der Waals surface area (Å²) < 4.78 is 5.35. The van der Waals surface area contributed by atoms with Crippen LogP contribution < -0.4 is 5.73 Å². The Bertz CT molecular complexity index is 436. The minimum Gasteiger partial charge on any atom is -0.388 e. The third-order valence-corrected chi connectivity index (χ3v) is 3.88. The van der Waals surface area contributed by atoms with Crippen molar-refractivity contribution >= 4 is 18.7 Å². The highest BCUT2D eigenvalue weighted by molar-refractivity contribution is 5.85. The molecule has 0 bridgehead atoms. The molecule has 1 saturated carbocycles. The number of halogens is 1. The van der Waals surface area contributed by atoms with Gasteiger partial charge in [0, 0.05) is 18.2 Å². The fourth-order valence-corrected chi connectivity index (χ4v) is 2.45. The van der Waals surface area contributed by atoms with Gasteiger partial charge < -0.3 is 9.84 Å². The normalized spacial score (nSPS) is 19.7. The van der Waals surface area contributed by atoms with Crippen molar-refractivity contribution in [3.63, 3.8) is 0 Å². The van der Waals surface area contributed by atoms with Gasteiger partial charge in [0.15, 0.2) is 5.72 Å². The first-order valence-electron chi connectivity index (χ1n) is 6.20. The number of hydrogen-bond donors (Lipinski definition) is 2. The molecule has 0 aliphatic heterocycles. The fourth-order valence-electron chi connectivity index (χ4n) is 2.45. The quantitative estimate of drug-likeness (QED) is 0.640. The van der Waals surface area contributed by atoms with Gasteiger partial charge in [-0.15, -0.1) is 12.4 Å². The first kappa shape index (κ1) is 16.1. The lowest BCUT2D eigenvalue weighted by molar-refractivity contribution is -0.139. The number of methoxy groups -OCH3 is 1. The number of ether oxygens (including phenoxy) is 1. The standard InChI is InChI=1S/C14H19NO3.ClH/c1-18-14(15,13(17)10-6-4-7-10)12-8-3-2-5-11(12)9-16;/h2-3,5,8-10,13,17H,4,6-7,15H2,1H3;1H/t13-,14-;/m1./s1. The molecule has 19 heavy (non-hydrogen) atoms. The summed E-state index contributed by atoms with van der Waals surface area (Å²) >= 11 is 0. The molecule has 1 aliphatic rings. The van der Waals surface area contributed by atoms with Gasteiger partial charge >= 0.3 is 0 Å². The van der Waals surface area contributed by atoms with E-state index in [2.05, 4.69) is 0 Å². The lowest BCUT2D eigenvalue weighted by atomic mass is 9.75. The van der Waals surface area contributed by atoms with Crippen LogP contribution in [0.2, 0.25) is 0 Å². The van der Waals surface area contributed by atoms with Crippen LogP contribution in [0.4, 0.5) is 0 Å². The van der Waals surface area contributed by atoms with E-state index >= 15 is 0 Å². The van der Waals surface area contributed by atoms with Crippen LogP contribution in [0.5, 0.6) is 0 Å². The van der Waals surface area contributed by atoms with Crippen molar-refractivity contribution in [2.24, 2.45) is 11.7 Å². The maximum absolute atomic E-state index is 11.1. The van der Waals surface area contributed by atoms with Crippen LogP contribution in [-0.4, -0.2) is 24.6 Å². The molecule has 2 rings (SSSR count). The van der Waals surface area contributed by atoms with E-state index < -0.39 is 11.8 Å². The number of carbonyl (C=O) groups excluding carboxylic acids is 1. The van der Waals surface area contributed by atoms with E-state index in [-0.39, 0.29) is 18.3 Å². The topological polar surface area (TPSA) is 72.5 Å². The Balaban J connectivity index is 0.00000180. The molecular formula is C14H20ClNO3. The Kier molecular flexibility index (Phi) is 5.50. The molecule has 0 radical (unpaired) electrons. The zero-order valence-electron chi connectivity index (χ0n) is 10.9. The van der Waals surface area contributed by atoms with E-state index in [9.17, 15) is 9.90 Å². The van der Waals surface area contributed by atoms with Gasteiger partial charge in [0.1, 0.15) is 12.4 Å². The highest BCUT2D eigenvalue weighted by Crippen LogP contribution is 2.38. The Morgan fingerprint density at radius 2 is 2.11 bits per heavy atom. The molecule has 2 atom stereocenters. The average molecular weight is 286 g/mol. The first-order chi connectivity index (χ1) is 8.63. The van der Waals surface area contributed by atoms with E-state index in [4.69, 9.17) is 10.5 Å². The summed E-state index contributed by atoms with van der Waals surface area (Å²) in [5, 5.41) is 10.4. The monoisotopic (exact) mass is 285 g/mol. The van der Waals surface area contributed by atoms with E-state index in [0.29, 0.717) is 11.1 Å². The van der Waals surface area contributed by atoms with E-state index in [1.165, 1.54) is 7.11 Å². The van der Waals surface area contributed by atoms with Gasteiger partial charge in [-0.2, -0.15) is 0 Å². The number of aldehydes is 1. The number of hydrogen-bond acceptors (Lipinski definition) is 4. The van der Waals surface area contributed by atoms with Gasteiger partial charge in [-0.1, -0.05) is 30.7 Å². The van der Waals surface area contributed by atoms with Crippen molar-refractivity contribution in [1.29, 1.82) is 0 Å². The minimum atomic E-state index is -1.32. The predicted octanol–water partition coefficient (Wildman–Crippen LogP) is 1.84. The lowest BCUT2D eigenvalue weighted by Crippen LogP contribution is -2.54. The van der Waals surface area contributed by atoms with Crippen LogP contribution in [0.15, 0.2) is 24.3 Å². The second-order valence-corrected chi connectivity index (χ2v) is 4.84. The van der Waals surface area contributed by atoms with Crippen LogP contribution >= 0.6 is 12.4 Å². The Labute approximate surface area is 119 Å². The number of nitrogens with two attached hydrogens (primary N) is 1. The number of aliphatic hydroxyl groups is 1. The molecule has 0 amide bonds. The molecule has 1 aliphatic carbocycles. The number of rotatable bonds is 5. The molecule has 0 heterocycles. The minimum absolute atomic E-state index is 0. The Morgan fingerprint density at radius 1 is 1.47 bits per heavy atom. The van der Waals surface area contributed by atoms with Crippen LogP contribution in [0.1, 0.15) is 35.2 Å². The highest BCUT2D eigenvalue weighted by atomic mass is 35.5. The van der Waals surface area contributed by atoms with Gasteiger partial charge in [-0.3, -0.25) is 10.5 Å². The summed E-state index contributed by atoms with van der Waals surface area (Å²) in [7, 11) is 1.46. The maximum atomic E-state index is 11.1. The second-order valence-electron chi connectivity index (χ2n) is 4.84. The largest absolute Gasteiger partial charge is 0.388 e.